The predicted octanol–water partition coefficient (Wildman–Crippen LogP) is 2.27. The van der Waals surface area contributed by atoms with E-state index in [2.05, 4.69) is 31.8 Å². The van der Waals surface area contributed by atoms with Crippen LogP contribution in [0.4, 0.5) is 0 Å². The van der Waals surface area contributed by atoms with E-state index in [9.17, 15) is 9.59 Å². The number of aromatic nitrogens is 1. The van der Waals surface area contributed by atoms with Crippen molar-refractivity contribution >= 4 is 33.8 Å². The largest absolute Gasteiger partial charge is 0.497 e. The molecule has 126 valence electrons. The lowest BCUT2D eigenvalue weighted by Crippen LogP contribution is -2.40. The molecule has 0 saturated heterocycles. The molecule has 0 saturated carbocycles. The normalized spacial score (nSPS) is 10.5. The van der Waals surface area contributed by atoms with Crippen molar-refractivity contribution in [2.24, 2.45) is 0 Å². The van der Waals surface area contributed by atoms with E-state index in [1.807, 2.05) is 0 Å². The minimum atomic E-state index is -0.476. The first-order valence-electron chi connectivity index (χ1n) is 6.87. The molecule has 2 aromatic rings. The van der Waals surface area contributed by atoms with Crippen LogP contribution in [0.5, 0.6) is 11.5 Å². The summed E-state index contributed by atoms with van der Waals surface area (Å²) >= 11 is 3.22. The van der Waals surface area contributed by atoms with E-state index in [0.717, 1.165) is 10.0 Å². The van der Waals surface area contributed by atoms with Crippen molar-refractivity contribution in [3.8, 4) is 11.5 Å². The highest BCUT2D eigenvalue weighted by Gasteiger charge is 2.08. The fourth-order valence-corrected chi connectivity index (χ4v) is 2.17. The molecule has 1 aromatic carbocycles. The minimum absolute atomic E-state index is 0.323. The highest BCUT2D eigenvalue weighted by molar-refractivity contribution is 9.10. The average molecular weight is 394 g/mol. The second kappa shape index (κ2) is 8.21. The molecule has 8 heteroatoms. The standard InChI is InChI=1S/C16H16BrN3O4/c1-23-12-5-10(6-13(8-12)24-2)3-4-15(21)19-20-16(22)14-7-11(17)9-18-14/h3-9,18H,1-2H3,(H,19,21)(H,20,22)/b4-3+. The summed E-state index contributed by atoms with van der Waals surface area (Å²) in [7, 11) is 3.09. The van der Waals surface area contributed by atoms with Crippen LogP contribution in [0.3, 0.4) is 0 Å². The van der Waals surface area contributed by atoms with Crippen molar-refractivity contribution in [2.75, 3.05) is 14.2 Å². The number of rotatable bonds is 5. The van der Waals surface area contributed by atoms with E-state index in [-0.39, 0.29) is 0 Å². The molecule has 0 atom stereocenters. The van der Waals surface area contributed by atoms with Crippen molar-refractivity contribution < 1.29 is 19.1 Å². The number of hydrogen-bond acceptors (Lipinski definition) is 4. The number of carbonyl (C=O) groups excluding carboxylic acids is 2. The number of aromatic amines is 1. The second-order valence-corrected chi connectivity index (χ2v) is 5.57. The zero-order valence-corrected chi connectivity index (χ0v) is 14.6. The molecule has 0 spiro atoms. The van der Waals surface area contributed by atoms with Gasteiger partial charge in [-0.1, -0.05) is 0 Å². The molecule has 2 amide bonds. The van der Waals surface area contributed by atoms with Crippen LogP contribution < -0.4 is 20.3 Å². The number of nitrogens with one attached hydrogen (secondary N) is 3. The molecule has 24 heavy (non-hydrogen) atoms. The molecule has 7 nitrogen and oxygen atoms in total. The lowest BCUT2D eigenvalue weighted by Gasteiger charge is -2.06. The Kier molecular flexibility index (Phi) is 6.02. The fraction of sp³-hybridized carbons (Fsp3) is 0.125. The van der Waals surface area contributed by atoms with Crippen molar-refractivity contribution in [1.82, 2.24) is 15.8 Å². The van der Waals surface area contributed by atoms with Gasteiger partial charge in [0.25, 0.3) is 11.8 Å². The Labute approximate surface area is 147 Å². The van der Waals surface area contributed by atoms with Crippen molar-refractivity contribution in [3.63, 3.8) is 0 Å². The predicted molar refractivity (Wildman–Crippen MR) is 92.7 cm³/mol. The Hall–Kier alpha value is -2.74. The van der Waals surface area contributed by atoms with Gasteiger partial charge in [0.2, 0.25) is 0 Å². The minimum Gasteiger partial charge on any atom is -0.497 e. The topological polar surface area (TPSA) is 92.5 Å². The van der Waals surface area contributed by atoms with Crippen LogP contribution in [0.25, 0.3) is 6.08 Å². The van der Waals surface area contributed by atoms with E-state index >= 15 is 0 Å². The van der Waals surface area contributed by atoms with E-state index in [1.54, 1.807) is 50.8 Å². The summed E-state index contributed by atoms with van der Waals surface area (Å²) in [5.74, 6) is 0.293. The highest BCUT2D eigenvalue weighted by Crippen LogP contribution is 2.23. The van der Waals surface area contributed by atoms with Crippen LogP contribution in [0.2, 0.25) is 0 Å². The fourth-order valence-electron chi connectivity index (χ4n) is 1.82. The van der Waals surface area contributed by atoms with Crippen LogP contribution in [-0.4, -0.2) is 31.0 Å². The number of H-pyrrole nitrogens is 1. The van der Waals surface area contributed by atoms with Crippen LogP contribution >= 0.6 is 15.9 Å². The number of benzene rings is 1. The first-order valence-corrected chi connectivity index (χ1v) is 7.66. The molecule has 0 fully saturated rings. The zero-order chi connectivity index (χ0) is 17.5. The molecule has 0 aliphatic rings. The lowest BCUT2D eigenvalue weighted by atomic mass is 10.2. The summed E-state index contributed by atoms with van der Waals surface area (Å²) in [5, 5.41) is 0. The summed E-state index contributed by atoms with van der Waals surface area (Å²) in [6, 6.07) is 6.83. The molecule has 0 aliphatic heterocycles. The smallest absolute Gasteiger partial charge is 0.286 e. The van der Waals surface area contributed by atoms with Crippen LogP contribution in [0.15, 0.2) is 41.0 Å². The zero-order valence-electron chi connectivity index (χ0n) is 13.1. The Morgan fingerprint density at radius 3 is 2.29 bits per heavy atom. The summed E-state index contributed by atoms with van der Waals surface area (Å²) in [6.45, 7) is 0. The van der Waals surface area contributed by atoms with Crippen LogP contribution in [-0.2, 0) is 4.79 Å². The molecule has 0 bridgehead atoms. The van der Waals surface area contributed by atoms with Gasteiger partial charge in [0.15, 0.2) is 0 Å². The third-order valence-electron chi connectivity index (χ3n) is 2.99. The average Bonchev–Trinajstić information content (AvgIpc) is 3.03. The molecular weight excluding hydrogens is 378 g/mol. The second-order valence-electron chi connectivity index (χ2n) is 4.65. The number of halogens is 1. The third kappa shape index (κ3) is 4.88. The molecule has 1 heterocycles. The number of amides is 2. The quantitative estimate of drug-likeness (QED) is 0.536. The van der Waals surface area contributed by atoms with Crippen molar-refractivity contribution in [2.45, 2.75) is 0 Å². The first-order chi connectivity index (χ1) is 11.5. The van der Waals surface area contributed by atoms with Gasteiger partial charge in [-0.25, -0.2) is 0 Å². The number of hydrazine groups is 1. The Bertz CT molecular complexity index is 748. The van der Waals surface area contributed by atoms with Gasteiger partial charge in [0.05, 0.1) is 14.2 Å². The maximum absolute atomic E-state index is 11.8. The van der Waals surface area contributed by atoms with E-state index < -0.39 is 11.8 Å². The van der Waals surface area contributed by atoms with Gasteiger partial charge in [-0.15, -0.1) is 0 Å². The van der Waals surface area contributed by atoms with E-state index in [0.29, 0.717) is 17.2 Å². The van der Waals surface area contributed by atoms with Crippen molar-refractivity contribution in [3.05, 3.63) is 52.3 Å². The molecule has 3 N–H and O–H groups in total. The van der Waals surface area contributed by atoms with E-state index in [1.165, 1.54) is 6.08 Å². The molecule has 0 aliphatic carbocycles. The third-order valence-corrected chi connectivity index (χ3v) is 3.45. The van der Waals surface area contributed by atoms with Gasteiger partial charge in [-0.3, -0.25) is 20.4 Å². The van der Waals surface area contributed by atoms with Gasteiger partial charge in [0.1, 0.15) is 17.2 Å². The Morgan fingerprint density at radius 2 is 1.75 bits per heavy atom. The lowest BCUT2D eigenvalue weighted by molar-refractivity contribution is -0.117. The SMILES string of the molecule is COc1cc(/C=C/C(=O)NNC(=O)c2cc(Br)c[nH]2)cc(OC)c1. The summed E-state index contributed by atoms with van der Waals surface area (Å²) in [5.41, 5.74) is 5.64. The van der Waals surface area contributed by atoms with Crippen molar-refractivity contribution in [1.29, 1.82) is 0 Å². The maximum atomic E-state index is 11.8. The highest BCUT2D eigenvalue weighted by atomic mass is 79.9. The monoisotopic (exact) mass is 393 g/mol. The van der Waals surface area contributed by atoms with Crippen LogP contribution in [0, 0.1) is 0 Å². The number of methoxy groups -OCH3 is 2. The number of hydrogen-bond donors (Lipinski definition) is 3. The van der Waals surface area contributed by atoms with Gasteiger partial charge >= 0.3 is 0 Å². The summed E-state index contributed by atoms with van der Waals surface area (Å²) in [4.78, 5) is 26.3. The van der Waals surface area contributed by atoms with Gasteiger partial charge in [-0.2, -0.15) is 0 Å². The first kappa shape index (κ1) is 17.6. The maximum Gasteiger partial charge on any atom is 0.286 e. The van der Waals surface area contributed by atoms with Gasteiger partial charge in [-0.05, 0) is 45.8 Å². The number of carbonyl (C=O) groups is 2. The molecular formula is C16H16BrN3O4. The Morgan fingerprint density at radius 1 is 1.08 bits per heavy atom. The Balaban J connectivity index is 1.94. The van der Waals surface area contributed by atoms with Crippen LogP contribution in [0.1, 0.15) is 16.1 Å². The van der Waals surface area contributed by atoms with E-state index in [4.69, 9.17) is 9.47 Å². The van der Waals surface area contributed by atoms with Gasteiger partial charge in [0, 0.05) is 22.8 Å². The van der Waals surface area contributed by atoms with Gasteiger partial charge < -0.3 is 14.5 Å². The summed E-state index contributed by atoms with van der Waals surface area (Å²) in [6.07, 6.45) is 4.49. The molecule has 1 aromatic heterocycles. The number of ether oxygens (including phenoxy) is 2. The molecule has 2 rings (SSSR count). The summed E-state index contributed by atoms with van der Waals surface area (Å²) < 4.78 is 11.1. The molecule has 0 radical (unpaired) electrons. The molecule has 0 unspecified atom stereocenters.